The molecular weight excluding hydrogens is 321 g/mol. The summed E-state index contributed by atoms with van der Waals surface area (Å²) < 4.78 is 12.8. The molecule has 2 rings (SSSR count). The standard InChI is InChI=1S/C20H26FNOS/c1-20(22,15-23)14-13-19-12-11-18(24-19)6-4-2-3-5-16-7-9-17(21)10-8-16/h4,6-12,23H,2-3,5,13-15,22H2,1H3/b6-4+. The van der Waals surface area contributed by atoms with Crippen molar-refractivity contribution in [2.75, 3.05) is 6.61 Å². The summed E-state index contributed by atoms with van der Waals surface area (Å²) in [6.45, 7) is 1.89. The van der Waals surface area contributed by atoms with Crippen molar-refractivity contribution in [1.29, 1.82) is 0 Å². The smallest absolute Gasteiger partial charge is 0.123 e. The van der Waals surface area contributed by atoms with Gasteiger partial charge in [0.1, 0.15) is 5.82 Å². The Morgan fingerprint density at radius 1 is 1.17 bits per heavy atom. The molecule has 1 aromatic carbocycles. The van der Waals surface area contributed by atoms with Crippen molar-refractivity contribution in [3.63, 3.8) is 0 Å². The summed E-state index contributed by atoms with van der Waals surface area (Å²) in [6.07, 6.45) is 9.07. The molecule has 130 valence electrons. The molecule has 24 heavy (non-hydrogen) atoms. The average Bonchev–Trinajstić information content (AvgIpc) is 3.02. The van der Waals surface area contributed by atoms with Gasteiger partial charge >= 0.3 is 0 Å². The summed E-state index contributed by atoms with van der Waals surface area (Å²) in [6, 6.07) is 11.0. The van der Waals surface area contributed by atoms with E-state index >= 15 is 0 Å². The topological polar surface area (TPSA) is 46.2 Å². The molecule has 0 amide bonds. The van der Waals surface area contributed by atoms with E-state index in [1.54, 1.807) is 11.3 Å². The minimum Gasteiger partial charge on any atom is -0.394 e. The third-order valence-electron chi connectivity index (χ3n) is 4.02. The number of nitrogens with two attached hydrogens (primary N) is 1. The summed E-state index contributed by atoms with van der Waals surface area (Å²) in [5, 5.41) is 9.19. The molecule has 2 nitrogen and oxygen atoms in total. The van der Waals surface area contributed by atoms with Crippen molar-refractivity contribution in [3.05, 3.63) is 63.6 Å². The maximum atomic E-state index is 12.8. The lowest BCUT2D eigenvalue weighted by Gasteiger charge is -2.20. The molecule has 0 aliphatic carbocycles. The molecule has 3 N–H and O–H groups in total. The van der Waals surface area contributed by atoms with Gasteiger partial charge in [-0.1, -0.05) is 18.2 Å². The van der Waals surface area contributed by atoms with Gasteiger partial charge in [-0.3, -0.25) is 0 Å². The van der Waals surface area contributed by atoms with Crippen LogP contribution in [-0.4, -0.2) is 17.3 Å². The molecule has 0 fully saturated rings. The first-order valence-electron chi connectivity index (χ1n) is 8.38. The number of unbranched alkanes of at least 4 members (excludes halogenated alkanes) is 1. The van der Waals surface area contributed by atoms with E-state index in [0.717, 1.165) is 32.1 Å². The molecular formula is C20H26FNOS. The summed E-state index contributed by atoms with van der Waals surface area (Å²) in [5.74, 6) is -0.180. The second-order valence-corrected chi connectivity index (χ2v) is 7.74. The third-order valence-corrected chi connectivity index (χ3v) is 5.13. The number of rotatable bonds is 9. The minimum atomic E-state index is -0.500. The fourth-order valence-corrected chi connectivity index (χ4v) is 3.32. The second kappa shape index (κ2) is 9.11. The Labute approximate surface area is 147 Å². The molecule has 0 aliphatic rings. The molecule has 0 aliphatic heterocycles. The number of hydrogen-bond acceptors (Lipinski definition) is 3. The van der Waals surface area contributed by atoms with E-state index in [0.29, 0.717) is 0 Å². The highest BCUT2D eigenvalue weighted by atomic mass is 32.1. The molecule has 0 spiro atoms. The molecule has 0 saturated carbocycles. The first-order chi connectivity index (χ1) is 11.5. The fourth-order valence-electron chi connectivity index (χ4n) is 2.38. The van der Waals surface area contributed by atoms with E-state index in [2.05, 4.69) is 24.3 Å². The first-order valence-corrected chi connectivity index (χ1v) is 9.20. The summed E-state index contributed by atoms with van der Waals surface area (Å²) in [4.78, 5) is 2.54. The Hall–Kier alpha value is -1.49. The number of benzene rings is 1. The number of thiophene rings is 1. The predicted octanol–water partition coefficient (Wildman–Crippen LogP) is 4.57. The van der Waals surface area contributed by atoms with Crippen molar-refractivity contribution < 1.29 is 9.50 Å². The van der Waals surface area contributed by atoms with E-state index in [1.165, 1.54) is 27.5 Å². The zero-order chi connectivity index (χ0) is 17.4. The number of aryl methyl sites for hydroxylation is 2. The fraction of sp³-hybridized carbons (Fsp3) is 0.400. The molecule has 2 aromatic rings. The van der Waals surface area contributed by atoms with Crippen LogP contribution in [0.1, 0.15) is 41.5 Å². The van der Waals surface area contributed by atoms with Gasteiger partial charge in [-0.2, -0.15) is 0 Å². The van der Waals surface area contributed by atoms with E-state index in [1.807, 2.05) is 19.1 Å². The number of hydrogen-bond donors (Lipinski definition) is 2. The van der Waals surface area contributed by atoms with Gasteiger partial charge in [-0.15, -0.1) is 11.3 Å². The van der Waals surface area contributed by atoms with Crippen molar-refractivity contribution in [2.45, 2.75) is 44.6 Å². The Kier molecular flexibility index (Phi) is 7.16. The Balaban J connectivity index is 1.71. The van der Waals surface area contributed by atoms with Crippen molar-refractivity contribution in [1.82, 2.24) is 0 Å². The molecule has 1 heterocycles. The molecule has 0 radical (unpaired) electrons. The summed E-state index contributed by atoms with van der Waals surface area (Å²) >= 11 is 1.77. The van der Waals surface area contributed by atoms with E-state index in [4.69, 9.17) is 5.73 Å². The van der Waals surface area contributed by atoms with Crippen molar-refractivity contribution >= 4 is 17.4 Å². The normalized spacial score (nSPS) is 14.2. The first kappa shape index (κ1) is 18.8. The highest BCUT2D eigenvalue weighted by Crippen LogP contribution is 2.21. The van der Waals surface area contributed by atoms with Gasteiger partial charge in [0.05, 0.1) is 6.61 Å². The van der Waals surface area contributed by atoms with E-state index in [9.17, 15) is 9.50 Å². The SMILES string of the molecule is CC(N)(CO)CCc1ccc(/C=C/CCCc2ccc(F)cc2)s1. The van der Waals surface area contributed by atoms with Crippen LogP contribution in [0.15, 0.2) is 42.5 Å². The van der Waals surface area contributed by atoms with Crippen LogP contribution < -0.4 is 5.73 Å². The van der Waals surface area contributed by atoms with Crippen LogP contribution >= 0.6 is 11.3 Å². The van der Waals surface area contributed by atoms with Crippen LogP contribution in [0.2, 0.25) is 0 Å². The van der Waals surface area contributed by atoms with Gasteiger partial charge in [-0.25, -0.2) is 4.39 Å². The van der Waals surface area contributed by atoms with Crippen molar-refractivity contribution in [2.24, 2.45) is 5.73 Å². The molecule has 1 atom stereocenters. The van der Waals surface area contributed by atoms with Crippen LogP contribution in [0.4, 0.5) is 4.39 Å². The van der Waals surface area contributed by atoms with Crippen molar-refractivity contribution in [3.8, 4) is 0 Å². The Bertz CT molecular complexity index is 646. The zero-order valence-corrected chi connectivity index (χ0v) is 15.0. The van der Waals surface area contributed by atoms with Crippen LogP contribution in [0.5, 0.6) is 0 Å². The lowest BCUT2D eigenvalue weighted by Crippen LogP contribution is -2.40. The van der Waals surface area contributed by atoms with Gasteiger partial charge in [0.25, 0.3) is 0 Å². The van der Waals surface area contributed by atoms with E-state index in [-0.39, 0.29) is 12.4 Å². The largest absolute Gasteiger partial charge is 0.394 e. The average molecular weight is 347 g/mol. The van der Waals surface area contributed by atoms with Gasteiger partial charge in [0.2, 0.25) is 0 Å². The molecule has 4 heteroatoms. The maximum absolute atomic E-state index is 12.8. The lowest BCUT2D eigenvalue weighted by molar-refractivity contribution is 0.201. The maximum Gasteiger partial charge on any atom is 0.123 e. The third kappa shape index (κ3) is 6.56. The highest BCUT2D eigenvalue weighted by Gasteiger charge is 2.16. The predicted molar refractivity (Wildman–Crippen MR) is 101 cm³/mol. The Morgan fingerprint density at radius 2 is 1.92 bits per heavy atom. The number of allylic oxidation sites excluding steroid dienone is 1. The van der Waals surface area contributed by atoms with Gasteiger partial charge < -0.3 is 10.8 Å². The lowest BCUT2D eigenvalue weighted by atomic mass is 9.98. The molecule has 0 saturated heterocycles. The van der Waals surface area contributed by atoms with E-state index < -0.39 is 5.54 Å². The van der Waals surface area contributed by atoms with Crippen LogP contribution in [0.25, 0.3) is 6.08 Å². The second-order valence-electron chi connectivity index (χ2n) is 6.54. The number of aliphatic hydroxyl groups is 1. The molecule has 1 aromatic heterocycles. The minimum absolute atomic E-state index is 0.0131. The number of aliphatic hydroxyl groups excluding tert-OH is 1. The van der Waals surface area contributed by atoms with Gasteiger partial charge in [0.15, 0.2) is 0 Å². The zero-order valence-electron chi connectivity index (χ0n) is 14.2. The van der Waals surface area contributed by atoms with Crippen LogP contribution in [0, 0.1) is 5.82 Å². The highest BCUT2D eigenvalue weighted by molar-refractivity contribution is 7.12. The molecule has 0 bridgehead atoms. The monoisotopic (exact) mass is 347 g/mol. The van der Waals surface area contributed by atoms with Gasteiger partial charge in [0, 0.05) is 15.3 Å². The van der Waals surface area contributed by atoms with Crippen LogP contribution in [-0.2, 0) is 12.8 Å². The summed E-state index contributed by atoms with van der Waals surface area (Å²) in [5.41, 5.74) is 6.64. The Morgan fingerprint density at radius 3 is 2.62 bits per heavy atom. The molecule has 1 unspecified atom stereocenters. The van der Waals surface area contributed by atoms with Gasteiger partial charge in [-0.05, 0) is 74.9 Å². The summed E-state index contributed by atoms with van der Waals surface area (Å²) in [7, 11) is 0. The van der Waals surface area contributed by atoms with Crippen LogP contribution in [0.3, 0.4) is 0 Å². The number of halogens is 1. The quantitative estimate of drug-likeness (QED) is 0.653.